The summed E-state index contributed by atoms with van der Waals surface area (Å²) in [5.74, 6) is 1.87. The Hall–Kier alpha value is -3.26. The number of anilines is 1. The molecular formula is C22H22N4O. The van der Waals surface area contributed by atoms with Crippen molar-refractivity contribution in [3.63, 3.8) is 0 Å². The number of fused-ring (bicyclic) bond motifs is 1. The number of aromatic nitrogens is 2. The normalized spacial score (nSPS) is 13.2. The van der Waals surface area contributed by atoms with Crippen molar-refractivity contribution in [2.24, 2.45) is 0 Å². The maximum atomic E-state index is 9.51. The first-order valence-electron chi connectivity index (χ1n) is 9.27. The maximum Gasteiger partial charge on any atom is 0.133 e. The van der Waals surface area contributed by atoms with Crippen molar-refractivity contribution in [1.29, 1.82) is 5.26 Å². The Morgan fingerprint density at radius 1 is 1.19 bits per heavy atom. The van der Waals surface area contributed by atoms with Crippen LogP contribution in [-0.4, -0.2) is 23.4 Å². The Morgan fingerprint density at radius 2 is 2.07 bits per heavy atom. The molecule has 0 unspecified atom stereocenters. The van der Waals surface area contributed by atoms with E-state index in [1.807, 2.05) is 41.1 Å². The molecule has 0 fully saturated rings. The van der Waals surface area contributed by atoms with E-state index in [9.17, 15) is 5.26 Å². The lowest BCUT2D eigenvalue weighted by molar-refractivity contribution is 0.414. The number of nitriles is 1. The van der Waals surface area contributed by atoms with Crippen molar-refractivity contribution in [3.05, 3.63) is 70.9 Å². The lowest BCUT2D eigenvalue weighted by Gasteiger charge is -2.10. The van der Waals surface area contributed by atoms with Gasteiger partial charge in [-0.3, -0.25) is 0 Å². The Bertz CT molecular complexity index is 1000. The summed E-state index contributed by atoms with van der Waals surface area (Å²) in [6, 6.07) is 18.0. The van der Waals surface area contributed by atoms with E-state index >= 15 is 0 Å². The van der Waals surface area contributed by atoms with Crippen molar-refractivity contribution < 1.29 is 4.74 Å². The average molecular weight is 358 g/mol. The summed E-state index contributed by atoms with van der Waals surface area (Å²) in [5, 5.41) is 18.0. The van der Waals surface area contributed by atoms with E-state index in [0.29, 0.717) is 5.56 Å². The van der Waals surface area contributed by atoms with Gasteiger partial charge in [-0.15, -0.1) is 0 Å². The second-order valence-electron chi connectivity index (χ2n) is 6.73. The molecule has 1 aliphatic rings. The van der Waals surface area contributed by atoms with Crippen molar-refractivity contribution in [3.8, 4) is 17.5 Å². The van der Waals surface area contributed by atoms with Crippen LogP contribution in [0.2, 0.25) is 0 Å². The number of rotatable bonds is 4. The molecule has 0 bridgehead atoms. The first-order valence-corrected chi connectivity index (χ1v) is 9.27. The summed E-state index contributed by atoms with van der Waals surface area (Å²) in [6.45, 7) is 0.923. The number of nitrogens with zero attached hydrogens (tertiary/aromatic N) is 3. The third-order valence-electron chi connectivity index (χ3n) is 4.97. The van der Waals surface area contributed by atoms with Crippen LogP contribution >= 0.6 is 0 Å². The Balaban J connectivity index is 1.81. The molecule has 0 aliphatic carbocycles. The first-order chi connectivity index (χ1) is 13.3. The van der Waals surface area contributed by atoms with Crippen molar-refractivity contribution in [2.75, 3.05) is 19.0 Å². The highest BCUT2D eigenvalue weighted by Gasteiger charge is 2.22. The second kappa shape index (κ2) is 7.55. The summed E-state index contributed by atoms with van der Waals surface area (Å²) in [6.07, 6.45) is 4.00. The van der Waals surface area contributed by atoms with E-state index in [4.69, 9.17) is 9.84 Å². The van der Waals surface area contributed by atoms with Crippen LogP contribution in [0, 0.1) is 11.3 Å². The molecule has 27 heavy (non-hydrogen) atoms. The third-order valence-corrected chi connectivity index (χ3v) is 4.97. The molecule has 1 N–H and O–H groups in total. The molecular weight excluding hydrogens is 336 g/mol. The smallest absolute Gasteiger partial charge is 0.133 e. The van der Waals surface area contributed by atoms with Gasteiger partial charge in [0.1, 0.15) is 17.6 Å². The Labute approximate surface area is 159 Å². The zero-order valence-electron chi connectivity index (χ0n) is 15.4. The summed E-state index contributed by atoms with van der Waals surface area (Å²) in [4.78, 5) is 0. The van der Waals surface area contributed by atoms with Crippen LogP contribution in [-0.2, 0) is 12.8 Å². The monoisotopic (exact) mass is 358 g/mol. The molecule has 0 saturated heterocycles. The molecule has 0 amide bonds. The van der Waals surface area contributed by atoms with Gasteiger partial charge in [0.25, 0.3) is 0 Å². The van der Waals surface area contributed by atoms with E-state index in [-0.39, 0.29) is 0 Å². The van der Waals surface area contributed by atoms with E-state index in [1.165, 1.54) is 11.1 Å². The van der Waals surface area contributed by atoms with Gasteiger partial charge in [-0.05, 0) is 49.1 Å². The van der Waals surface area contributed by atoms with Gasteiger partial charge < -0.3 is 10.1 Å². The number of nitrogens with one attached hydrogen (secondary N) is 1. The van der Waals surface area contributed by atoms with Crippen molar-refractivity contribution >= 4 is 5.82 Å². The molecule has 0 atom stereocenters. The van der Waals surface area contributed by atoms with E-state index in [0.717, 1.165) is 55.2 Å². The predicted octanol–water partition coefficient (Wildman–Crippen LogP) is 4.09. The van der Waals surface area contributed by atoms with Gasteiger partial charge in [0.05, 0.1) is 24.1 Å². The number of para-hydroxylation sites is 1. The summed E-state index contributed by atoms with van der Waals surface area (Å²) in [5.41, 5.74) is 4.92. The molecule has 1 aliphatic heterocycles. The number of ether oxygens (including phenoxy) is 1. The summed E-state index contributed by atoms with van der Waals surface area (Å²) in [7, 11) is 1.68. The molecule has 0 radical (unpaired) electrons. The minimum Gasteiger partial charge on any atom is -0.497 e. The number of methoxy groups -OCH3 is 1. The van der Waals surface area contributed by atoms with E-state index < -0.39 is 0 Å². The standard InChI is InChI=1S/C22H22N4O/c1-27-18-9-6-7-16(13-18)14-20-19-10-4-5-12-24-22(19)26(25-20)21-11-3-2-8-17(21)15-23/h2-3,6-9,11,13,24H,4-5,10,12,14H2,1H3. The summed E-state index contributed by atoms with van der Waals surface area (Å²) < 4.78 is 7.27. The Kier molecular flexibility index (Phi) is 4.80. The van der Waals surface area contributed by atoms with Gasteiger partial charge in [0.15, 0.2) is 0 Å². The van der Waals surface area contributed by atoms with Crippen molar-refractivity contribution in [1.82, 2.24) is 9.78 Å². The highest BCUT2D eigenvalue weighted by atomic mass is 16.5. The zero-order valence-corrected chi connectivity index (χ0v) is 15.4. The molecule has 0 saturated carbocycles. The van der Waals surface area contributed by atoms with Crippen LogP contribution in [0.4, 0.5) is 5.82 Å². The maximum absolute atomic E-state index is 9.51. The molecule has 2 aromatic carbocycles. The van der Waals surface area contributed by atoms with Gasteiger partial charge in [-0.2, -0.15) is 10.4 Å². The molecule has 2 heterocycles. The molecule has 3 aromatic rings. The Morgan fingerprint density at radius 3 is 2.93 bits per heavy atom. The molecule has 136 valence electrons. The van der Waals surface area contributed by atoms with Crippen LogP contribution in [0.3, 0.4) is 0 Å². The van der Waals surface area contributed by atoms with Crippen LogP contribution in [0.25, 0.3) is 5.69 Å². The fourth-order valence-electron chi connectivity index (χ4n) is 3.62. The predicted molar refractivity (Wildman–Crippen MR) is 106 cm³/mol. The van der Waals surface area contributed by atoms with Crippen molar-refractivity contribution in [2.45, 2.75) is 25.7 Å². The van der Waals surface area contributed by atoms with Gasteiger partial charge in [-0.1, -0.05) is 24.3 Å². The van der Waals surface area contributed by atoms with Gasteiger partial charge in [0, 0.05) is 18.5 Å². The fraction of sp³-hybridized carbons (Fsp3) is 0.273. The minimum atomic E-state index is 0.627. The number of hydrogen-bond acceptors (Lipinski definition) is 4. The minimum absolute atomic E-state index is 0.627. The number of hydrogen-bond donors (Lipinski definition) is 1. The van der Waals surface area contributed by atoms with Gasteiger partial charge in [-0.25, -0.2) is 4.68 Å². The fourth-order valence-corrected chi connectivity index (χ4v) is 3.62. The quantitative estimate of drug-likeness (QED) is 0.763. The SMILES string of the molecule is COc1cccc(Cc2nn(-c3ccccc3C#N)c3c2CCCCN3)c1. The lowest BCUT2D eigenvalue weighted by atomic mass is 10.0. The van der Waals surface area contributed by atoms with E-state index in [1.54, 1.807) is 7.11 Å². The first kappa shape index (κ1) is 17.2. The van der Waals surface area contributed by atoms with Crippen LogP contribution in [0.15, 0.2) is 48.5 Å². The lowest BCUT2D eigenvalue weighted by Crippen LogP contribution is -2.08. The highest BCUT2D eigenvalue weighted by molar-refractivity contribution is 5.59. The van der Waals surface area contributed by atoms with Gasteiger partial charge in [0.2, 0.25) is 0 Å². The largest absolute Gasteiger partial charge is 0.497 e. The number of benzene rings is 2. The molecule has 4 rings (SSSR count). The second-order valence-corrected chi connectivity index (χ2v) is 6.73. The topological polar surface area (TPSA) is 62.9 Å². The third kappa shape index (κ3) is 3.39. The highest BCUT2D eigenvalue weighted by Crippen LogP contribution is 2.30. The average Bonchev–Trinajstić information content (AvgIpc) is 2.89. The van der Waals surface area contributed by atoms with Crippen LogP contribution in [0.1, 0.15) is 35.2 Å². The van der Waals surface area contributed by atoms with E-state index in [2.05, 4.69) is 23.5 Å². The molecule has 1 aromatic heterocycles. The van der Waals surface area contributed by atoms with Gasteiger partial charge >= 0.3 is 0 Å². The molecule has 5 nitrogen and oxygen atoms in total. The summed E-state index contributed by atoms with van der Waals surface area (Å²) >= 11 is 0. The molecule has 5 heteroatoms. The van der Waals surface area contributed by atoms with Crippen LogP contribution in [0.5, 0.6) is 5.75 Å². The van der Waals surface area contributed by atoms with Crippen LogP contribution < -0.4 is 10.1 Å². The zero-order chi connectivity index (χ0) is 18.6. The molecule has 0 spiro atoms.